The van der Waals surface area contributed by atoms with Gasteiger partial charge in [0.2, 0.25) is 5.91 Å². The van der Waals surface area contributed by atoms with Gasteiger partial charge in [0, 0.05) is 59.6 Å². The molecule has 0 saturated heterocycles. The highest BCUT2D eigenvalue weighted by Gasteiger charge is 2.32. The van der Waals surface area contributed by atoms with Crippen LogP contribution in [0.5, 0.6) is 0 Å². The maximum atomic E-state index is 13.0. The molecular formula is C26H48N2O4. The summed E-state index contributed by atoms with van der Waals surface area (Å²) < 4.78 is 0. The summed E-state index contributed by atoms with van der Waals surface area (Å²) in [6.07, 6.45) is 0.550. The van der Waals surface area contributed by atoms with E-state index in [1.165, 1.54) is 0 Å². The van der Waals surface area contributed by atoms with E-state index in [1.807, 2.05) is 83.1 Å². The molecule has 0 aliphatic carbocycles. The Labute approximate surface area is 196 Å². The quantitative estimate of drug-likeness (QED) is 0.504. The smallest absolute Gasteiger partial charge is 0.221 e. The summed E-state index contributed by atoms with van der Waals surface area (Å²) in [5.41, 5.74) is -1.87. The predicted molar refractivity (Wildman–Crippen MR) is 130 cm³/mol. The molecule has 0 aliphatic heterocycles. The predicted octanol–water partition coefficient (Wildman–Crippen LogP) is 4.63. The van der Waals surface area contributed by atoms with Crippen LogP contribution < -0.4 is 10.6 Å². The van der Waals surface area contributed by atoms with Crippen molar-refractivity contribution in [1.29, 1.82) is 0 Å². The second-order valence-corrected chi connectivity index (χ2v) is 13.2. The van der Waals surface area contributed by atoms with Crippen molar-refractivity contribution >= 4 is 23.3 Å². The number of hydrogen-bond acceptors (Lipinski definition) is 5. The van der Waals surface area contributed by atoms with Gasteiger partial charge in [-0.3, -0.25) is 19.2 Å². The molecule has 0 bridgehead atoms. The lowest BCUT2D eigenvalue weighted by Crippen LogP contribution is -2.49. The molecule has 0 aliphatic rings. The third-order valence-electron chi connectivity index (χ3n) is 5.24. The van der Waals surface area contributed by atoms with Gasteiger partial charge >= 0.3 is 0 Å². The first kappa shape index (κ1) is 30.4. The van der Waals surface area contributed by atoms with Crippen molar-refractivity contribution in [1.82, 2.24) is 10.6 Å². The first-order chi connectivity index (χ1) is 14.0. The van der Waals surface area contributed by atoms with Gasteiger partial charge in [0.1, 0.15) is 17.3 Å². The Bertz CT molecular complexity index is 655. The molecule has 1 amide bonds. The molecule has 0 fully saturated rings. The van der Waals surface area contributed by atoms with Crippen molar-refractivity contribution in [3.8, 4) is 0 Å². The topological polar surface area (TPSA) is 92.3 Å². The first-order valence-corrected chi connectivity index (χ1v) is 11.7. The van der Waals surface area contributed by atoms with Gasteiger partial charge in [-0.1, -0.05) is 62.3 Å². The minimum Gasteiger partial charge on any atom is -0.352 e. The minimum atomic E-state index is -0.561. The van der Waals surface area contributed by atoms with Gasteiger partial charge in [-0.25, -0.2) is 0 Å². The van der Waals surface area contributed by atoms with Crippen LogP contribution in [-0.2, 0) is 19.2 Å². The number of ketones is 3. The molecule has 0 aromatic rings. The van der Waals surface area contributed by atoms with E-state index in [0.29, 0.717) is 0 Å². The number of carbonyl (C=O) groups excluding carboxylic acids is 4. The molecule has 6 nitrogen and oxygen atoms in total. The SMILES string of the molecule is CC(C)(C)NC(CC(=O)NC(CC(=O)C(C)(C)C)CC(=O)C(C)(C)C)CC(=O)C(C)(C)C. The standard InChI is InChI=1S/C26H48N2O4/c1-23(2,3)19(29)13-17(14-20(30)24(4,5)6)27-22(32)16-18(28-26(10,11)12)15-21(31)25(7,8)9/h17-18,28H,13-16H2,1-12H3,(H,27,32). The number of rotatable bonds is 10. The lowest BCUT2D eigenvalue weighted by Gasteiger charge is -2.31. The van der Waals surface area contributed by atoms with Gasteiger partial charge in [-0.05, 0) is 20.8 Å². The molecular weight excluding hydrogens is 404 g/mol. The monoisotopic (exact) mass is 452 g/mol. The van der Waals surface area contributed by atoms with Crippen molar-refractivity contribution in [3.63, 3.8) is 0 Å². The van der Waals surface area contributed by atoms with Crippen LogP contribution in [0.2, 0.25) is 0 Å². The van der Waals surface area contributed by atoms with Gasteiger partial charge in [0.15, 0.2) is 0 Å². The third-order valence-corrected chi connectivity index (χ3v) is 5.24. The highest BCUT2D eigenvalue weighted by atomic mass is 16.2. The van der Waals surface area contributed by atoms with Crippen molar-refractivity contribution in [2.75, 3.05) is 0 Å². The number of carbonyl (C=O) groups is 4. The molecule has 0 radical (unpaired) electrons. The minimum absolute atomic E-state index is 0.00298. The van der Waals surface area contributed by atoms with Crippen LogP contribution in [0.15, 0.2) is 0 Å². The molecule has 0 saturated carbocycles. The van der Waals surface area contributed by atoms with Gasteiger partial charge in [-0.2, -0.15) is 0 Å². The highest BCUT2D eigenvalue weighted by Crippen LogP contribution is 2.23. The van der Waals surface area contributed by atoms with Gasteiger partial charge in [0.25, 0.3) is 0 Å². The zero-order valence-corrected chi connectivity index (χ0v) is 22.6. The summed E-state index contributed by atoms with van der Waals surface area (Å²) in [4.78, 5) is 50.8. The first-order valence-electron chi connectivity index (χ1n) is 11.7. The zero-order chi connectivity index (χ0) is 25.7. The molecule has 1 unspecified atom stereocenters. The van der Waals surface area contributed by atoms with Crippen LogP contribution in [0.4, 0.5) is 0 Å². The molecule has 0 spiro atoms. The summed E-state index contributed by atoms with van der Waals surface area (Å²) in [6.45, 7) is 22.6. The molecule has 0 heterocycles. The van der Waals surface area contributed by atoms with E-state index in [2.05, 4.69) is 10.6 Å². The Morgan fingerprint density at radius 2 is 0.844 bits per heavy atom. The Morgan fingerprint density at radius 3 is 1.12 bits per heavy atom. The van der Waals surface area contributed by atoms with Gasteiger partial charge in [0.05, 0.1) is 0 Å². The van der Waals surface area contributed by atoms with Gasteiger partial charge < -0.3 is 10.6 Å². The van der Waals surface area contributed by atoms with Crippen LogP contribution in [0.3, 0.4) is 0 Å². The molecule has 1 atom stereocenters. The second kappa shape index (κ2) is 11.0. The molecule has 2 N–H and O–H groups in total. The van der Waals surface area contributed by atoms with E-state index in [-0.39, 0.29) is 60.5 Å². The van der Waals surface area contributed by atoms with E-state index in [4.69, 9.17) is 0 Å². The van der Waals surface area contributed by atoms with Crippen molar-refractivity contribution in [2.45, 2.75) is 126 Å². The van der Waals surface area contributed by atoms with E-state index in [1.54, 1.807) is 0 Å². The molecule has 6 heteroatoms. The van der Waals surface area contributed by atoms with Crippen molar-refractivity contribution in [3.05, 3.63) is 0 Å². The lowest BCUT2D eigenvalue weighted by molar-refractivity contribution is -0.129. The number of amides is 1. The fraction of sp³-hybridized carbons (Fsp3) is 0.846. The number of nitrogens with one attached hydrogen (secondary N) is 2. The van der Waals surface area contributed by atoms with E-state index in [9.17, 15) is 19.2 Å². The molecule has 0 aromatic heterocycles. The maximum absolute atomic E-state index is 13.0. The Morgan fingerprint density at radius 1 is 0.531 bits per heavy atom. The van der Waals surface area contributed by atoms with Crippen LogP contribution in [0.1, 0.15) is 109 Å². The summed E-state index contributed by atoms with van der Waals surface area (Å²) in [6, 6.07) is -0.895. The average molecular weight is 453 g/mol. The van der Waals surface area contributed by atoms with E-state index in [0.717, 1.165) is 0 Å². The normalized spacial score (nSPS) is 14.3. The van der Waals surface area contributed by atoms with E-state index >= 15 is 0 Å². The maximum Gasteiger partial charge on any atom is 0.221 e. The van der Waals surface area contributed by atoms with Crippen molar-refractivity contribution in [2.24, 2.45) is 16.2 Å². The molecule has 32 heavy (non-hydrogen) atoms. The zero-order valence-electron chi connectivity index (χ0n) is 22.6. The van der Waals surface area contributed by atoms with Crippen LogP contribution in [0, 0.1) is 16.2 Å². The Balaban J connectivity index is 5.51. The molecule has 0 rings (SSSR count). The Kier molecular flexibility index (Phi) is 10.5. The third kappa shape index (κ3) is 12.5. The summed E-state index contributed by atoms with van der Waals surface area (Å²) in [7, 11) is 0. The molecule has 186 valence electrons. The van der Waals surface area contributed by atoms with E-state index < -0.39 is 22.3 Å². The van der Waals surface area contributed by atoms with Gasteiger partial charge in [-0.15, -0.1) is 0 Å². The summed E-state index contributed by atoms with van der Waals surface area (Å²) in [5, 5.41) is 6.30. The van der Waals surface area contributed by atoms with Crippen molar-refractivity contribution < 1.29 is 19.2 Å². The summed E-state index contributed by atoms with van der Waals surface area (Å²) in [5.74, 6) is -0.190. The number of hydrogen-bond donors (Lipinski definition) is 2. The number of Topliss-reactive ketones (excluding diaryl/α,β-unsaturated/α-hetero) is 3. The largest absolute Gasteiger partial charge is 0.352 e. The second-order valence-electron chi connectivity index (χ2n) is 13.2. The molecule has 0 aromatic carbocycles. The van der Waals surface area contributed by atoms with Crippen LogP contribution in [0.25, 0.3) is 0 Å². The fourth-order valence-electron chi connectivity index (χ4n) is 3.06. The van der Waals surface area contributed by atoms with Crippen LogP contribution in [-0.4, -0.2) is 40.9 Å². The Hall–Kier alpha value is -1.56. The summed E-state index contributed by atoms with van der Waals surface area (Å²) >= 11 is 0. The highest BCUT2D eigenvalue weighted by molar-refractivity contribution is 5.89. The fourth-order valence-corrected chi connectivity index (χ4v) is 3.06. The van der Waals surface area contributed by atoms with Crippen LogP contribution >= 0.6 is 0 Å². The average Bonchev–Trinajstić information content (AvgIpc) is 2.49. The lowest BCUT2D eigenvalue weighted by atomic mass is 9.82.